The maximum atomic E-state index is 13.5. The number of anilines is 2. The van der Waals surface area contributed by atoms with E-state index < -0.39 is 5.91 Å². The second kappa shape index (κ2) is 11.7. The molecule has 36 heavy (non-hydrogen) atoms. The van der Waals surface area contributed by atoms with E-state index >= 15 is 0 Å². The van der Waals surface area contributed by atoms with Crippen LogP contribution in [0.4, 0.5) is 11.4 Å². The molecule has 4 rings (SSSR count). The molecule has 1 N–H and O–H groups in total. The number of nitrogens with zero attached hydrogens (tertiary/aromatic N) is 2. The molecule has 0 saturated carbocycles. The summed E-state index contributed by atoms with van der Waals surface area (Å²) in [5.41, 5.74) is 2.08. The monoisotopic (exact) mass is 525 g/mol. The summed E-state index contributed by atoms with van der Waals surface area (Å²) >= 11 is 6.56. The molecule has 3 amide bonds. The van der Waals surface area contributed by atoms with Crippen molar-refractivity contribution in [1.82, 2.24) is 4.90 Å². The Morgan fingerprint density at radius 2 is 1.75 bits per heavy atom. The summed E-state index contributed by atoms with van der Waals surface area (Å²) in [4.78, 5) is 42.8. The summed E-state index contributed by atoms with van der Waals surface area (Å²) in [7, 11) is 0. The van der Waals surface area contributed by atoms with Crippen LogP contribution in [0.3, 0.4) is 0 Å². The molecule has 2 aromatic carbocycles. The summed E-state index contributed by atoms with van der Waals surface area (Å²) in [5.74, 6) is -0.334. The lowest BCUT2D eigenvalue weighted by Crippen LogP contribution is -2.35. The second-order valence-electron chi connectivity index (χ2n) is 7.99. The number of hydrogen-bond acceptors (Lipinski definition) is 7. The molecule has 2 aromatic rings. The third-order valence-corrected chi connectivity index (χ3v) is 7.07. The van der Waals surface area contributed by atoms with Gasteiger partial charge >= 0.3 is 0 Å². The number of amides is 3. The number of thioether (sulfide) groups is 1. The SMILES string of the molecule is CCOCCCN1C(=O)/C(=C2/C(=O)N(CC(=O)Nc3ccc(OCC)cc3)c3ccccc32)SC1=S. The number of rotatable bonds is 10. The minimum atomic E-state index is -0.395. The van der Waals surface area contributed by atoms with Crippen LogP contribution >= 0.6 is 24.0 Å². The van der Waals surface area contributed by atoms with Crippen molar-refractivity contribution < 1.29 is 23.9 Å². The molecule has 0 unspecified atom stereocenters. The van der Waals surface area contributed by atoms with Gasteiger partial charge in [-0.15, -0.1) is 0 Å². The summed E-state index contributed by atoms with van der Waals surface area (Å²) < 4.78 is 11.2. The van der Waals surface area contributed by atoms with Crippen molar-refractivity contribution in [1.29, 1.82) is 0 Å². The molecule has 0 bridgehead atoms. The molecule has 2 heterocycles. The first-order valence-electron chi connectivity index (χ1n) is 11.7. The normalized spacial score (nSPS) is 17.1. The molecule has 1 saturated heterocycles. The van der Waals surface area contributed by atoms with Crippen LogP contribution in [0, 0.1) is 0 Å². The molecule has 0 radical (unpaired) electrons. The Morgan fingerprint density at radius 1 is 1.00 bits per heavy atom. The number of carbonyl (C=O) groups excluding carboxylic acids is 3. The van der Waals surface area contributed by atoms with Gasteiger partial charge in [-0.25, -0.2) is 0 Å². The third-order valence-electron chi connectivity index (χ3n) is 5.62. The van der Waals surface area contributed by atoms with Crippen LogP contribution in [-0.2, 0) is 19.1 Å². The molecular weight excluding hydrogens is 498 g/mol. The van der Waals surface area contributed by atoms with Gasteiger partial charge in [0.1, 0.15) is 16.6 Å². The molecule has 0 aromatic heterocycles. The van der Waals surface area contributed by atoms with Gasteiger partial charge in [0, 0.05) is 31.0 Å². The lowest BCUT2D eigenvalue weighted by Gasteiger charge is -2.17. The van der Waals surface area contributed by atoms with Crippen molar-refractivity contribution >= 4 is 63.0 Å². The van der Waals surface area contributed by atoms with Gasteiger partial charge in [-0.1, -0.05) is 42.2 Å². The molecule has 2 aliphatic rings. The fraction of sp³-hybridized carbons (Fsp3) is 0.308. The number of fused-ring (bicyclic) bond motifs is 1. The van der Waals surface area contributed by atoms with Crippen LogP contribution in [0.1, 0.15) is 25.8 Å². The van der Waals surface area contributed by atoms with E-state index in [0.29, 0.717) is 64.7 Å². The minimum Gasteiger partial charge on any atom is -0.494 e. The zero-order valence-corrected chi connectivity index (χ0v) is 21.7. The minimum absolute atomic E-state index is 0.193. The number of nitrogens with one attached hydrogen (secondary N) is 1. The van der Waals surface area contributed by atoms with Crippen LogP contribution in [0.2, 0.25) is 0 Å². The summed E-state index contributed by atoms with van der Waals surface area (Å²) in [5, 5.41) is 2.81. The zero-order valence-electron chi connectivity index (χ0n) is 20.1. The highest BCUT2D eigenvalue weighted by Gasteiger charge is 2.42. The van der Waals surface area contributed by atoms with Gasteiger partial charge in [-0.05, 0) is 50.6 Å². The van der Waals surface area contributed by atoms with Gasteiger partial charge in [0.2, 0.25) is 5.91 Å². The van der Waals surface area contributed by atoms with E-state index in [4.69, 9.17) is 21.7 Å². The molecule has 8 nitrogen and oxygen atoms in total. The lowest BCUT2D eigenvalue weighted by atomic mass is 10.1. The van der Waals surface area contributed by atoms with E-state index in [-0.39, 0.29) is 23.9 Å². The van der Waals surface area contributed by atoms with Crippen molar-refractivity contribution in [2.45, 2.75) is 20.3 Å². The first-order chi connectivity index (χ1) is 17.4. The predicted octanol–water partition coefficient (Wildman–Crippen LogP) is 4.07. The first kappa shape index (κ1) is 25.9. The Hall–Kier alpha value is -3.21. The number of hydrogen-bond donors (Lipinski definition) is 1. The number of thiocarbonyl (C=S) groups is 1. The van der Waals surface area contributed by atoms with Crippen LogP contribution < -0.4 is 15.0 Å². The average molecular weight is 526 g/mol. The van der Waals surface area contributed by atoms with E-state index in [0.717, 1.165) is 11.8 Å². The molecule has 0 spiro atoms. The predicted molar refractivity (Wildman–Crippen MR) is 145 cm³/mol. The zero-order chi connectivity index (χ0) is 25.7. The molecule has 1 fully saturated rings. The van der Waals surface area contributed by atoms with Crippen molar-refractivity contribution in [3.8, 4) is 5.75 Å². The van der Waals surface area contributed by atoms with Crippen molar-refractivity contribution in [2.24, 2.45) is 0 Å². The highest BCUT2D eigenvalue weighted by atomic mass is 32.2. The van der Waals surface area contributed by atoms with Crippen LogP contribution in [0.25, 0.3) is 5.57 Å². The topological polar surface area (TPSA) is 88.2 Å². The smallest absolute Gasteiger partial charge is 0.267 e. The fourth-order valence-electron chi connectivity index (χ4n) is 4.01. The quantitative estimate of drug-likeness (QED) is 0.284. The maximum absolute atomic E-state index is 13.5. The lowest BCUT2D eigenvalue weighted by molar-refractivity contribution is -0.122. The van der Waals surface area contributed by atoms with Crippen LogP contribution in [0.5, 0.6) is 5.75 Å². The van der Waals surface area contributed by atoms with E-state index in [2.05, 4.69) is 5.32 Å². The van der Waals surface area contributed by atoms with E-state index in [1.54, 1.807) is 48.5 Å². The molecule has 2 aliphatic heterocycles. The Kier molecular flexibility index (Phi) is 8.40. The molecular formula is C26H27N3O5S2. The Morgan fingerprint density at radius 3 is 2.47 bits per heavy atom. The third kappa shape index (κ3) is 5.45. The number of para-hydroxylation sites is 1. The number of benzene rings is 2. The van der Waals surface area contributed by atoms with E-state index in [9.17, 15) is 14.4 Å². The molecule has 0 atom stereocenters. The highest BCUT2D eigenvalue weighted by Crippen LogP contribution is 2.44. The van der Waals surface area contributed by atoms with Gasteiger partial charge in [0.15, 0.2) is 0 Å². The Bertz CT molecular complexity index is 1210. The second-order valence-corrected chi connectivity index (χ2v) is 9.64. The number of ether oxygens (including phenoxy) is 2. The summed E-state index contributed by atoms with van der Waals surface area (Å²) in [6, 6.07) is 14.2. The van der Waals surface area contributed by atoms with Gasteiger partial charge in [-0.2, -0.15) is 0 Å². The molecule has 188 valence electrons. The fourth-order valence-corrected chi connectivity index (χ4v) is 5.39. The van der Waals surface area contributed by atoms with Gasteiger partial charge in [-0.3, -0.25) is 24.2 Å². The van der Waals surface area contributed by atoms with Crippen molar-refractivity contribution in [3.05, 3.63) is 59.0 Å². The molecule has 10 heteroatoms. The largest absolute Gasteiger partial charge is 0.494 e. The standard InChI is InChI=1S/C26H27N3O5S2/c1-3-33-15-7-14-28-25(32)23(36-26(28)35)22-19-8-5-6-9-20(19)29(24(22)31)16-21(30)27-17-10-12-18(13-11-17)34-4-2/h5-6,8-13H,3-4,7,14-16H2,1-2H3,(H,27,30)/b23-22-. The first-order valence-corrected chi connectivity index (χ1v) is 13.0. The van der Waals surface area contributed by atoms with Crippen molar-refractivity contribution in [2.75, 3.05) is 43.1 Å². The highest BCUT2D eigenvalue weighted by molar-refractivity contribution is 8.26. The number of carbonyl (C=O) groups is 3. The molecule has 0 aliphatic carbocycles. The Labute approximate surface area is 219 Å². The van der Waals surface area contributed by atoms with Crippen molar-refractivity contribution in [3.63, 3.8) is 0 Å². The van der Waals surface area contributed by atoms with Gasteiger partial charge in [0.25, 0.3) is 11.8 Å². The average Bonchev–Trinajstić information content (AvgIpc) is 3.30. The Balaban J connectivity index is 1.53. The summed E-state index contributed by atoms with van der Waals surface area (Å²) in [6.07, 6.45) is 0.644. The van der Waals surface area contributed by atoms with Gasteiger partial charge in [0.05, 0.1) is 22.8 Å². The summed E-state index contributed by atoms with van der Waals surface area (Å²) in [6.45, 7) is 5.73. The van der Waals surface area contributed by atoms with Crippen LogP contribution in [0.15, 0.2) is 53.4 Å². The van der Waals surface area contributed by atoms with E-state index in [1.807, 2.05) is 13.8 Å². The maximum Gasteiger partial charge on any atom is 0.267 e. The van der Waals surface area contributed by atoms with Crippen LogP contribution in [-0.4, -0.2) is 59.9 Å². The van der Waals surface area contributed by atoms with Gasteiger partial charge < -0.3 is 14.8 Å². The van der Waals surface area contributed by atoms with E-state index in [1.165, 1.54) is 9.80 Å².